The van der Waals surface area contributed by atoms with E-state index in [0.717, 1.165) is 18.2 Å². The van der Waals surface area contributed by atoms with Crippen LogP contribution in [0.25, 0.3) is 0 Å². The van der Waals surface area contributed by atoms with Crippen LogP contribution in [0.1, 0.15) is 36.1 Å². The fourth-order valence-corrected chi connectivity index (χ4v) is 2.67. The Morgan fingerprint density at radius 2 is 2.06 bits per heavy atom. The number of methoxy groups -OCH3 is 1. The molecule has 1 aromatic carbocycles. The SMILES string of the molecule is COc1c(C)cc(C)cc1[C@H]1C[C@H](C)CN1. The first-order valence-electron chi connectivity index (χ1n) is 6.00. The summed E-state index contributed by atoms with van der Waals surface area (Å²) in [6, 6.07) is 4.89. The Morgan fingerprint density at radius 1 is 1.31 bits per heavy atom. The molecule has 1 heterocycles. The molecule has 2 heteroatoms. The first kappa shape index (κ1) is 11.5. The second kappa shape index (κ2) is 4.46. The number of rotatable bonds is 2. The first-order chi connectivity index (χ1) is 7.61. The van der Waals surface area contributed by atoms with Gasteiger partial charge in [0, 0.05) is 11.6 Å². The van der Waals surface area contributed by atoms with Gasteiger partial charge in [-0.1, -0.05) is 24.6 Å². The highest BCUT2D eigenvalue weighted by molar-refractivity contribution is 5.45. The van der Waals surface area contributed by atoms with Crippen molar-refractivity contribution < 1.29 is 4.74 Å². The minimum Gasteiger partial charge on any atom is -0.496 e. The van der Waals surface area contributed by atoms with Crippen LogP contribution in [0.5, 0.6) is 5.75 Å². The number of ether oxygens (including phenoxy) is 1. The van der Waals surface area contributed by atoms with Gasteiger partial charge in [0.25, 0.3) is 0 Å². The molecule has 1 aromatic rings. The maximum atomic E-state index is 5.54. The van der Waals surface area contributed by atoms with Crippen molar-refractivity contribution in [3.63, 3.8) is 0 Å². The number of benzene rings is 1. The average molecular weight is 219 g/mol. The van der Waals surface area contributed by atoms with Gasteiger partial charge in [0.05, 0.1) is 7.11 Å². The average Bonchev–Trinajstić information content (AvgIpc) is 2.63. The van der Waals surface area contributed by atoms with Crippen molar-refractivity contribution in [2.24, 2.45) is 5.92 Å². The van der Waals surface area contributed by atoms with Crippen LogP contribution in [0.3, 0.4) is 0 Å². The summed E-state index contributed by atoms with van der Waals surface area (Å²) in [5, 5.41) is 3.57. The smallest absolute Gasteiger partial charge is 0.126 e. The fraction of sp³-hybridized carbons (Fsp3) is 0.571. The number of nitrogens with one attached hydrogen (secondary N) is 1. The monoisotopic (exact) mass is 219 g/mol. The molecule has 2 nitrogen and oxygen atoms in total. The van der Waals surface area contributed by atoms with E-state index >= 15 is 0 Å². The lowest BCUT2D eigenvalue weighted by Gasteiger charge is -2.18. The van der Waals surface area contributed by atoms with Gasteiger partial charge in [-0.15, -0.1) is 0 Å². The first-order valence-corrected chi connectivity index (χ1v) is 6.00. The predicted octanol–water partition coefficient (Wildman–Crippen LogP) is 2.98. The van der Waals surface area contributed by atoms with Crippen LogP contribution < -0.4 is 10.1 Å². The third kappa shape index (κ3) is 2.07. The number of hydrogen-bond acceptors (Lipinski definition) is 2. The third-order valence-electron chi connectivity index (χ3n) is 3.38. The number of aryl methyl sites for hydroxylation is 2. The van der Waals surface area contributed by atoms with Crippen LogP contribution in [0.4, 0.5) is 0 Å². The summed E-state index contributed by atoms with van der Waals surface area (Å²) in [6.07, 6.45) is 1.21. The van der Waals surface area contributed by atoms with E-state index in [0.29, 0.717) is 6.04 Å². The molecule has 0 radical (unpaired) electrons. The molecule has 0 unspecified atom stereocenters. The minimum atomic E-state index is 0.462. The molecule has 0 bridgehead atoms. The fourth-order valence-electron chi connectivity index (χ4n) is 2.67. The molecular formula is C14H21NO. The van der Waals surface area contributed by atoms with Crippen molar-refractivity contribution in [1.29, 1.82) is 0 Å². The van der Waals surface area contributed by atoms with Crippen LogP contribution in [0.2, 0.25) is 0 Å². The highest BCUT2D eigenvalue weighted by atomic mass is 16.5. The Labute approximate surface area is 98.0 Å². The normalized spacial score (nSPS) is 24.8. The van der Waals surface area contributed by atoms with Crippen LogP contribution in [-0.2, 0) is 0 Å². The topological polar surface area (TPSA) is 21.3 Å². The summed E-state index contributed by atoms with van der Waals surface area (Å²) in [5.74, 6) is 1.81. The summed E-state index contributed by atoms with van der Waals surface area (Å²) in [6.45, 7) is 7.67. The molecule has 2 rings (SSSR count). The van der Waals surface area contributed by atoms with Gasteiger partial charge >= 0.3 is 0 Å². The standard InChI is InChI=1S/C14H21NO/c1-9-5-11(3)14(16-4)12(6-9)13-7-10(2)8-15-13/h5-6,10,13,15H,7-8H2,1-4H3/t10-,13+/m0/s1. The Morgan fingerprint density at radius 3 is 2.62 bits per heavy atom. The van der Waals surface area contributed by atoms with E-state index in [-0.39, 0.29) is 0 Å². The van der Waals surface area contributed by atoms with Crippen LogP contribution in [0.15, 0.2) is 12.1 Å². The van der Waals surface area contributed by atoms with Crippen LogP contribution in [0, 0.1) is 19.8 Å². The van der Waals surface area contributed by atoms with Gasteiger partial charge in [-0.05, 0) is 38.3 Å². The summed E-state index contributed by atoms with van der Waals surface area (Å²) in [5.41, 5.74) is 3.87. The van der Waals surface area contributed by atoms with E-state index in [9.17, 15) is 0 Å². The Bertz CT molecular complexity index is 387. The molecule has 0 amide bonds. The predicted molar refractivity (Wildman–Crippen MR) is 67.0 cm³/mol. The Balaban J connectivity index is 2.38. The van der Waals surface area contributed by atoms with Gasteiger partial charge in [0.2, 0.25) is 0 Å². The van der Waals surface area contributed by atoms with Crippen molar-refractivity contribution >= 4 is 0 Å². The second-order valence-electron chi connectivity index (χ2n) is 5.01. The Kier molecular flexibility index (Phi) is 3.20. The summed E-state index contributed by atoms with van der Waals surface area (Å²) < 4.78 is 5.54. The molecule has 0 saturated carbocycles. The molecule has 0 spiro atoms. The lowest BCUT2D eigenvalue weighted by molar-refractivity contribution is 0.399. The third-order valence-corrected chi connectivity index (χ3v) is 3.38. The van der Waals surface area contributed by atoms with Gasteiger partial charge in [-0.25, -0.2) is 0 Å². The molecule has 1 saturated heterocycles. The molecule has 1 aliphatic heterocycles. The molecule has 0 aromatic heterocycles. The molecular weight excluding hydrogens is 198 g/mol. The van der Waals surface area contributed by atoms with Crippen molar-refractivity contribution in [1.82, 2.24) is 5.32 Å². The summed E-state index contributed by atoms with van der Waals surface area (Å²) in [4.78, 5) is 0. The van der Waals surface area contributed by atoms with Gasteiger partial charge < -0.3 is 10.1 Å². The van der Waals surface area contributed by atoms with Crippen molar-refractivity contribution in [2.45, 2.75) is 33.2 Å². The number of hydrogen-bond donors (Lipinski definition) is 1. The van der Waals surface area contributed by atoms with E-state index in [2.05, 4.69) is 38.2 Å². The van der Waals surface area contributed by atoms with Gasteiger partial charge in [-0.2, -0.15) is 0 Å². The maximum absolute atomic E-state index is 5.54. The van der Waals surface area contributed by atoms with E-state index in [4.69, 9.17) is 4.74 Å². The molecule has 1 N–H and O–H groups in total. The second-order valence-corrected chi connectivity index (χ2v) is 5.01. The minimum absolute atomic E-state index is 0.462. The molecule has 16 heavy (non-hydrogen) atoms. The van der Waals surface area contributed by atoms with E-state index in [1.165, 1.54) is 23.1 Å². The molecule has 1 aliphatic rings. The van der Waals surface area contributed by atoms with Gasteiger partial charge in [0.1, 0.15) is 5.75 Å². The maximum Gasteiger partial charge on any atom is 0.126 e. The Hall–Kier alpha value is -1.02. The molecule has 2 atom stereocenters. The molecule has 88 valence electrons. The van der Waals surface area contributed by atoms with Crippen LogP contribution >= 0.6 is 0 Å². The zero-order valence-corrected chi connectivity index (χ0v) is 10.6. The highest BCUT2D eigenvalue weighted by Gasteiger charge is 2.25. The van der Waals surface area contributed by atoms with Gasteiger partial charge in [-0.3, -0.25) is 0 Å². The zero-order chi connectivity index (χ0) is 11.7. The molecule has 0 aliphatic carbocycles. The van der Waals surface area contributed by atoms with E-state index < -0.39 is 0 Å². The zero-order valence-electron chi connectivity index (χ0n) is 10.6. The van der Waals surface area contributed by atoms with E-state index in [1.54, 1.807) is 7.11 Å². The van der Waals surface area contributed by atoms with Crippen LogP contribution in [-0.4, -0.2) is 13.7 Å². The van der Waals surface area contributed by atoms with Crippen molar-refractivity contribution in [2.75, 3.05) is 13.7 Å². The molecule has 1 fully saturated rings. The summed E-state index contributed by atoms with van der Waals surface area (Å²) >= 11 is 0. The highest BCUT2D eigenvalue weighted by Crippen LogP contribution is 2.35. The lowest BCUT2D eigenvalue weighted by Crippen LogP contribution is -2.14. The quantitative estimate of drug-likeness (QED) is 0.825. The van der Waals surface area contributed by atoms with Crippen molar-refractivity contribution in [3.05, 3.63) is 28.8 Å². The largest absolute Gasteiger partial charge is 0.496 e. The van der Waals surface area contributed by atoms with Gasteiger partial charge in [0.15, 0.2) is 0 Å². The summed E-state index contributed by atoms with van der Waals surface area (Å²) in [7, 11) is 1.76. The lowest BCUT2D eigenvalue weighted by atomic mass is 9.96. The van der Waals surface area contributed by atoms with E-state index in [1.807, 2.05) is 0 Å². The van der Waals surface area contributed by atoms with Crippen molar-refractivity contribution in [3.8, 4) is 5.75 Å².